The molecule has 0 spiro atoms. The number of rotatable bonds is 7. The molecule has 1 saturated heterocycles. The molecule has 1 aromatic carbocycles. The summed E-state index contributed by atoms with van der Waals surface area (Å²) in [6, 6.07) is 10.2. The van der Waals surface area contributed by atoms with Crippen LogP contribution in [0.1, 0.15) is 23.2 Å². The van der Waals surface area contributed by atoms with Gasteiger partial charge < -0.3 is 10.6 Å². The molecule has 2 fully saturated rings. The van der Waals surface area contributed by atoms with Gasteiger partial charge >= 0.3 is 0 Å². The first-order chi connectivity index (χ1) is 14.8. The highest BCUT2D eigenvalue weighted by Gasteiger charge is 2.30. The van der Waals surface area contributed by atoms with Gasteiger partial charge in [-0.3, -0.25) is 14.5 Å². The SMILES string of the molecule is O=C(CN1CCN(S(=O)(=O)c2ccc(Cl)s2)CC1)Nc1ccccc1C(=O)NC1CC1. The Kier molecular flexibility index (Phi) is 6.63. The number of halogens is 1. The normalized spacial score (nSPS) is 18.0. The largest absolute Gasteiger partial charge is 0.349 e. The van der Waals surface area contributed by atoms with Gasteiger partial charge in [-0.2, -0.15) is 4.31 Å². The monoisotopic (exact) mass is 482 g/mol. The lowest BCUT2D eigenvalue weighted by molar-refractivity contribution is -0.117. The minimum absolute atomic E-state index is 0.122. The van der Waals surface area contributed by atoms with Crippen molar-refractivity contribution >= 4 is 50.5 Å². The van der Waals surface area contributed by atoms with E-state index in [9.17, 15) is 18.0 Å². The summed E-state index contributed by atoms with van der Waals surface area (Å²) in [7, 11) is -3.57. The number of carbonyl (C=O) groups is 2. The van der Waals surface area contributed by atoms with Crippen LogP contribution in [0.25, 0.3) is 0 Å². The van der Waals surface area contributed by atoms with E-state index in [1.54, 1.807) is 30.3 Å². The zero-order valence-corrected chi connectivity index (χ0v) is 19.1. The molecule has 4 rings (SSSR count). The minimum atomic E-state index is -3.57. The van der Waals surface area contributed by atoms with Crippen LogP contribution in [-0.2, 0) is 14.8 Å². The van der Waals surface area contributed by atoms with Gasteiger partial charge in [0.25, 0.3) is 15.9 Å². The molecular formula is C20H23ClN4O4S2. The molecule has 8 nitrogen and oxygen atoms in total. The smallest absolute Gasteiger partial charge is 0.253 e. The molecule has 2 amide bonds. The highest BCUT2D eigenvalue weighted by Crippen LogP contribution is 2.28. The number of nitrogens with zero attached hydrogens (tertiary/aromatic N) is 2. The molecule has 1 aromatic heterocycles. The molecule has 1 aliphatic carbocycles. The summed E-state index contributed by atoms with van der Waals surface area (Å²) in [6.45, 7) is 1.60. The highest BCUT2D eigenvalue weighted by molar-refractivity contribution is 7.91. The number of piperazine rings is 1. The maximum Gasteiger partial charge on any atom is 0.253 e. The molecule has 1 aliphatic heterocycles. The van der Waals surface area contributed by atoms with Crippen molar-refractivity contribution in [2.24, 2.45) is 0 Å². The maximum atomic E-state index is 12.7. The van der Waals surface area contributed by atoms with Crippen LogP contribution in [0.4, 0.5) is 5.69 Å². The molecule has 11 heteroatoms. The first-order valence-corrected chi connectivity index (χ1v) is 12.6. The number of nitrogens with one attached hydrogen (secondary N) is 2. The quantitative estimate of drug-likeness (QED) is 0.630. The summed E-state index contributed by atoms with van der Waals surface area (Å²) in [5.74, 6) is -0.432. The summed E-state index contributed by atoms with van der Waals surface area (Å²) in [5, 5.41) is 5.74. The van der Waals surface area contributed by atoms with E-state index in [1.165, 1.54) is 10.4 Å². The zero-order valence-electron chi connectivity index (χ0n) is 16.7. The van der Waals surface area contributed by atoms with Crippen molar-refractivity contribution in [3.8, 4) is 0 Å². The Bertz CT molecular complexity index is 1080. The summed E-state index contributed by atoms with van der Waals surface area (Å²) < 4.78 is 27.5. The lowest BCUT2D eigenvalue weighted by atomic mass is 10.1. The number of amides is 2. The summed E-state index contributed by atoms with van der Waals surface area (Å²) >= 11 is 6.91. The number of para-hydroxylation sites is 1. The van der Waals surface area contributed by atoms with Crippen molar-refractivity contribution in [1.29, 1.82) is 0 Å². The molecule has 2 aliphatic rings. The van der Waals surface area contributed by atoms with Gasteiger partial charge in [0.1, 0.15) is 4.21 Å². The minimum Gasteiger partial charge on any atom is -0.349 e. The second-order valence-corrected chi connectivity index (χ2v) is 11.5. The van der Waals surface area contributed by atoms with E-state index >= 15 is 0 Å². The van der Waals surface area contributed by atoms with Crippen LogP contribution in [0, 0.1) is 0 Å². The number of thiophene rings is 1. The van der Waals surface area contributed by atoms with Crippen LogP contribution in [0.2, 0.25) is 4.34 Å². The van der Waals surface area contributed by atoms with Crippen LogP contribution in [0.15, 0.2) is 40.6 Å². The maximum absolute atomic E-state index is 12.7. The number of anilines is 1. The fourth-order valence-electron chi connectivity index (χ4n) is 3.37. The fourth-order valence-corrected chi connectivity index (χ4v) is 6.42. The Balaban J connectivity index is 1.31. The number of sulfonamides is 1. The van der Waals surface area contributed by atoms with Gasteiger partial charge in [-0.05, 0) is 37.1 Å². The molecule has 2 heterocycles. The van der Waals surface area contributed by atoms with E-state index in [0.29, 0.717) is 41.8 Å². The highest BCUT2D eigenvalue weighted by atomic mass is 35.5. The molecule has 0 atom stereocenters. The zero-order chi connectivity index (χ0) is 22.0. The van der Waals surface area contributed by atoms with Crippen molar-refractivity contribution in [2.45, 2.75) is 23.1 Å². The second kappa shape index (κ2) is 9.25. The van der Waals surface area contributed by atoms with Crippen LogP contribution in [-0.4, -0.2) is 68.2 Å². The van der Waals surface area contributed by atoms with E-state index in [1.807, 2.05) is 4.90 Å². The van der Waals surface area contributed by atoms with Crippen molar-refractivity contribution < 1.29 is 18.0 Å². The molecule has 2 aromatic rings. The molecule has 0 radical (unpaired) electrons. The van der Waals surface area contributed by atoms with E-state index in [2.05, 4.69) is 10.6 Å². The van der Waals surface area contributed by atoms with Crippen molar-refractivity contribution in [3.63, 3.8) is 0 Å². The predicted molar refractivity (Wildman–Crippen MR) is 120 cm³/mol. The number of carbonyl (C=O) groups excluding carboxylic acids is 2. The topological polar surface area (TPSA) is 98.8 Å². The first kappa shape index (κ1) is 22.2. The molecule has 31 heavy (non-hydrogen) atoms. The van der Waals surface area contributed by atoms with Gasteiger partial charge in [0, 0.05) is 32.2 Å². The van der Waals surface area contributed by atoms with Gasteiger partial charge in [0.15, 0.2) is 0 Å². The van der Waals surface area contributed by atoms with Crippen LogP contribution >= 0.6 is 22.9 Å². The fraction of sp³-hybridized carbons (Fsp3) is 0.400. The van der Waals surface area contributed by atoms with Crippen LogP contribution in [0.3, 0.4) is 0 Å². The van der Waals surface area contributed by atoms with E-state index in [4.69, 9.17) is 11.6 Å². The van der Waals surface area contributed by atoms with E-state index < -0.39 is 10.0 Å². The van der Waals surface area contributed by atoms with Gasteiger partial charge in [0.05, 0.1) is 22.1 Å². The molecule has 1 saturated carbocycles. The van der Waals surface area contributed by atoms with Gasteiger partial charge in [-0.1, -0.05) is 23.7 Å². The predicted octanol–water partition coefficient (Wildman–Crippen LogP) is 2.24. The average molecular weight is 483 g/mol. The number of hydrogen-bond acceptors (Lipinski definition) is 6. The Labute approximate surface area is 190 Å². The second-order valence-electron chi connectivity index (χ2n) is 7.58. The van der Waals surface area contributed by atoms with Gasteiger partial charge in [0.2, 0.25) is 5.91 Å². The lowest BCUT2D eigenvalue weighted by Gasteiger charge is -2.33. The third-order valence-electron chi connectivity index (χ3n) is 5.20. The number of hydrogen-bond donors (Lipinski definition) is 2. The third kappa shape index (κ3) is 5.45. The van der Waals surface area contributed by atoms with Crippen LogP contribution in [0.5, 0.6) is 0 Å². The Morgan fingerprint density at radius 1 is 1.06 bits per heavy atom. The standard InChI is InChI=1S/C20H23ClN4O4S2/c21-17-7-8-19(30-17)31(28,29)25-11-9-24(10-12-25)13-18(26)23-16-4-2-1-3-15(16)20(27)22-14-5-6-14/h1-4,7-8,14H,5-6,9-13H2,(H,22,27)(H,23,26). The van der Waals surface area contributed by atoms with E-state index in [0.717, 1.165) is 24.2 Å². The van der Waals surface area contributed by atoms with Crippen molar-refractivity contribution in [1.82, 2.24) is 14.5 Å². The molecule has 2 N–H and O–H groups in total. The molecule has 0 bridgehead atoms. The van der Waals surface area contributed by atoms with Gasteiger partial charge in [-0.15, -0.1) is 11.3 Å². The van der Waals surface area contributed by atoms with Crippen molar-refractivity contribution in [2.75, 3.05) is 38.0 Å². The Hall–Kier alpha value is -1.98. The van der Waals surface area contributed by atoms with E-state index in [-0.39, 0.29) is 28.6 Å². The molecule has 0 unspecified atom stereocenters. The molecule has 166 valence electrons. The molecular weight excluding hydrogens is 460 g/mol. The van der Waals surface area contributed by atoms with Gasteiger partial charge in [-0.25, -0.2) is 8.42 Å². The Morgan fingerprint density at radius 3 is 2.42 bits per heavy atom. The number of benzene rings is 1. The van der Waals surface area contributed by atoms with Crippen LogP contribution < -0.4 is 10.6 Å². The van der Waals surface area contributed by atoms with Crippen molar-refractivity contribution in [3.05, 3.63) is 46.3 Å². The lowest BCUT2D eigenvalue weighted by Crippen LogP contribution is -2.50. The Morgan fingerprint density at radius 2 is 1.77 bits per heavy atom. The third-order valence-corrected chi connectivity index (χ3v) is 8.80. The summed E-state index contributed by atoms with van der Waals surface area (Å²) in [5.41, 5.74) is 0.912. The summed E-state index contributed by atoms with van der Waals surface area (Å²) in [4.78, 5) is 26.9. The average Bonchev–Trinajstić information content (AvgIpc) is 3.44. The first-order valence-electron chi connectivity index (χ1n) is 10.0. The summed E-state index contributed by atoms with van der Waals surface area (Å²) in [6.07, 6.45) is 1.98.